The van der Waals surface area contributed by atoms with Crippen molar-refractivity contribution in [3.05, 3.63) is 28.0 Å². The quantitative estimate of drug-likeness (QED) is 0.808. The second kappa shape index (κ2) is 5.54. The van der Waals surface area contributed by atoms with Crippen LogP contribution in [0.5, 0.6) is 0 Å². The highest BCUT2D eigenvalue weighted by atomic mass is 35.5. The Balaban J connectivity index is 2.03. The van der Waals surface area contributed by atoms with Crippen LogP contribution in [0.1, 0.15) is 23.2 Å². The van der Waals surface area contributed by atoms with Crippen LogP contribution in [0.2, 0.25) is 10.2 Å². The molecule has 0 aromatic carbocycles. The lowest BCUT2D eigenvalue weighted by molar-refractivity contribution is -0.122. The highest BCUT2D eigenvalue weighted by Crippen LogP contribution is 2.18. The van der Waals surface area contributed by atoms with Crippen molar-refractivity contribution in [2.24, 2.45) is 0 Å². The van der Waals surface area contributed by atoms with Crippen LogP contribution in [-0.2, 0) is 4.79 Å². The molecule has 7 heteroatoms. The third-order valence-corrected chi connectivity index (χ3v) is 3.18. The molecule has 2 rings (SSSR count). The SMILES string of the molecule is O=C1CCC(NC(=O)c2cc(Cl)ncc2Cl)CN1. The van der Waals surface area contributed by atoms with E-state index in [1.54, 1.807) is 0 Å². The van der Waals surface area contributed by atoms with Gasteiger partial charge in [-0.15, -0.1) is 0 Å². The van der Waals surface area contributed by atoms with Gasteiger partial charge < -0.3 is 10.6 Å². The first-order valence-corrected chi connectivity index (χ1v) is 6.20. The van der Waals surface area contributed by atoms with Crippen molar-refractivity contribution in [1.82, 2.24) is 15.6 Å². The zero-order chi connectivity index (χ0) is 13.1. The number of nitrogens with one attached hydrogen (secondary N) is 2. The Labute approximate surface area is 114 Å². The Kier molecular flexibility index (Phi) is 4.04. The molecule has 96 valence electrons. The highest BCUT2D eigenvalue weighted by molar-refractivity contribution is 6.35. The number of amides is 2. The largest absolute Gasteiger partial charge is 0.354 e. The molecule has 1 aliphatic heterocycles. The second-order valence-corrected chi connectivity index (χ2v) is 4.79. The van der Waals surface area contributed by atoms with Crippen molar-refractivity contribution in [2.45, 2.75) is 18.9 Å². The molecule has 0 spiro atoms. The van der Waals surface area contributed by atoms with E-state index in [0.717, 1.165) is 0 Å². The Hall–Kier alpha value is -1.33. The summed E-state index contributed by atoms with van der Waals surface area (Å²) in [6.07, 6.45) is 2.37. The second-order valence-electron chi connectivity index (χ2n) is 4.00. The molecule has 18 heavy (non-hydrogen) atoms. The van der Waals surface area contributed by atoms with Gasteiger partial charge >= 0.3 is 0 Å². The number of aromatic nitrogens is 1. The van der Waals surface area contributed by atoms with Gasteiger partial charge in [-0.05, 0) is 12.5 Å². The van der Waals surface area contributed by atoms with E-state index < -0.39 is 0 Å². The Morgan fingerprint density at radius 1 is 1.50 bits per heavy atom. The molecule has 0 aliphatic carbocycles. The fourth-order valence-corrected chi connectivity index (χ4v) is 2.05. The standard InChI is InChI=1S/C11H11Cl2N3O2/c12-8-5-14-9(13)3-7(8)11(18)16-6-1-2-10(17)15-4-6/h3,5-6H,1-2,4H2,(H,15,17)(H,16,18). The first-order valence-electron chi connectivity index (χ1n) is 5.45. The van der Waals surface area contributed by atoms with Gasteiger partial charge in [0.15, 0.2) is 0 Å². The van der Waals surface area contributed by atoms with E-state index in [1.165, 1.54) is 12.3 Å². The molecule has 1 unspecified atom stereocenters. The van der Waals surface area contributed by atoms with E-state index in [0.29, 0.717) is 19.4 Å². The highest BCUT2D eigenvalue weighted by Gasteiger charge is 2.21. The molecule has 0 bridgehead atoms. The molecular formula is C11H11Cl2N3O2. The maximum atomic E-state index is 12.0. The number of hydrogen-bond donors (Lipinski definition) is 2. The first-order chi connectivity index (χ1) is 8.56. The zero-order valence-electron chi connectivity index (χ0n) is 9.37. The molecule has 2 amide bonds. The summed E-state index contributed by atoms with van der Waals surface area (Å²) in [7, 11) is 0. The minimum Gasteiger partial charge on any atom is -0.354 e. The van der Waals surface area contributed by atoms with E-state index >= 15 is 0 Å². The summed E-state index contributed by atoms with van der Waals surface area (Å²) >= 11 is 11.6. The summed E-state index contributed by atoms with van der Waals surface area (Å²) in [4.78, 5) is 26.7. The van der Waals surface area contributed by atoms with Crippen molar-refractivity contribution < 1.29 is 9.59 Å². The number of hydrogen-bond acceptors (Lipinski definition) is 3. The molecule has 5 nitrogen and oxygen atoms in total. The van der Waals surface area contributed by atoms with Crippen molar-refractivity contribution >= 4 is 35.0 Å². The number of carbonyl (C=O) groups excluding carboxylic acids is 2. The van der Waals surface area contributed by atoms with Gasteiger partial charge in [-0.2, -0.15) is 0 Å². The van der Waals surface area contributed by atoms with Gasteiger partial charge in [-0.25, -0.2) is 4.98 Å². The molecule has 1 atom stereocenters. The van der Waals surface area contributed by atoms with Gasteiger partial charge in [0.2, 0.25) is 5.91 Å². The van der Waals surface area contributed by atoms with E-state index in [9.17, 15) is 9.59 Å². The van der Waals surface area contributed by atoms with Crippen molar-refractivity contribution in [1.29, 1.82) is 0 Å². The number of halogens is 2. The predicted octanol–water partition coefficient (Wildman–Crippen LogP) is 1.40. The third kappa shape index (κ3) is 3.11. The molecule has 1 aromatic rings. The van der Waals surface area contributed by atoms with Crippen LogP contribution in [-0.4, -0.2) is 29.4 Å². The van der Waals surface area contributed by atoms with Gasteiger partial charge in [0, 0.05) is 25.2 Å². The van der Waals surface area contributed by atoms with E-state index in [2.05, 4.69) is 15.6 Å². The molecule has 0 saturated carbocycles. The van der Waals surface area contributed by atoms with E-state index in [4.69, 9.17) is 23.2 Å². The Bertz CT molecular complexity index is 483. The summed E-state index contributed by atoms with van der Waals surface area (Å²) in [6, 6.07) is 1.33. The van der Waals surface area contributed by atoms with Crippen LogP contribution in [0.25, 0.3) is 0 Å². The van der Waals surface area contributed by atoms with Crippen LogP contribution in [0.3, 0.4) is 0 Å². The zero-order valence-corrected chi connectivity index (χ0v) is 10.9. The van der Waals surface area contributed by atoms with Crippen LogP contribution in [0.4, 0.5) is 0 Å². The molecular weight excluding hydrogens is 277 g/mol. The summed E-state index contributed by atoms with van der Waals surface area (Å²) in [5, 5.41) is 5.95. The van der Waals surface area contributed by atoms with Crippen LogP contribution in [0.15, 0.2) is 12.3 Å². The average Bonchev–Trinajstić information content (AvgIpc) is 2.35. The Morgan fingerprint density at radius 2 is 2.28 bits per heavy atom. The smallest absolute Gasteiger partial charge is 0.253 e. The van der Waals surface area contributed by atoms with Gasteiger partial charge in [0.05, 0.1) is 10.6 Å². The van der Waals surface area contributed by atoms with E-state index in [1.807, 2.05) is 0 Å². The topological polar surface area (TPSA) is 71.1 Å². The van der Waals surface area contributed by atoms with Gasteiger partial charge in [0.1, 0.15) is 5.15 Å². The number of pyridine rings is 1. The summed E-state index contributed by atoms with van der Waals surface area (Å²) in [5.74, 6) is -0.309. The average molecular weight is 288 g/mol. The lowest BCUT2D eigenvalue weighted by Gasteiger charge is -2.23. The lowest BCUT2D eigenvalue weighted by atomic mass is 10.1. The van der Waals surface area contributed by atoms with Crippen LogP contribution < -0.4 is 10.6 Å². The lowest BCUT2D eigenvalue weighted by Crippen LogP contribution is -2.47. The van der Waals surface area contributed by atoms with Crippen molar-refractivity contribution in [2.75, 3.05) is 6.54 Å². The molecule has 1 fully saturated rings. The molecule has 2 N–H and O–H groups in total. The maximum absolute atomic E-state index is 12.0. The molecule has 1 aliphatic rings. The first kappa shape index (κ1) is 13.1. The molecule has 1 saturated heterocycles. The van der Waals surface area contributed by atoms with Crippen molar-refractivity contribution in [3.63, 3.8) is 0 Å². The summed E-state index contributed by atoms with van der Waals surface area (Å²) in [6.45, 7) is 0.432. The minimum absolute atomic E-state index is 0.00508. The van der Waals surface area contributed by atoms with Crippen LogP contribution >= 0.6 is 23.2 Å². The summed E-state index contributed by atoms with van der Waals surface area (Å²) < 4.78 is 0. The van der Waals surface area contributed by atoms with Gasteiger partial charge in [-0.3, -0.25) is 9.59 Å². The normalized spacial score (nSPS) is 19.2. The van der Waals surface area contributed by atoms with Gasteiger partial charge in [0.25, 0.3) is 5.91 Å². The monoisotopic (exact) mass is 287 g/mol. The van der Waals surface area contributed by atoms with Crippen molar-refractivity contribution in [3.8, 4) is 0 Å². The predicted molar refractivity (Wildman–Crippen MR) is 67.8 cm³/mol. The van der Waals surface area contributed by atoms with Crippen LogP contribution in [0, 0.1) is 0 Å². The maximum Gasteiger partial charge on any atom is 0.253 e. The molecule has 2 heterocycles. The number of piperidine rings is 1. The number of nitrogens with zero attached hydrogens (tertiary/aromatic N) is 1. The number of carbonyl (C=O) groups is 2. The fourth-order valence-electron chi connectivity index (χ4n) is 1.71. The third-order valence-electron chi connectivity index (χ3n) is 2.67. The number of rotatable bonds is 2. The molecule has 1 aromatic heterocycles. The van der Waals surface area contributed by atoms with E-state index in [-0.39, 0.29) is 33.6 Å². The fraction of sp³-hybridized carbons (Fsp3) is 0.364. The van der Waals surface area contributed by atoms with Gasteiger partial charge in [-0.1, -0.05) is 23.2 Å². The Morgan fingerprint density at radius 3 is 2.94 bits per heavy atom. The minimum atomic E-state index is -0.314. The molecule has 0 radical (unpaired) electrons. The summed E-state index contributed by atoms with van der Waals surface area (Å²) in [5.41, 5.74) is 0.286.